The van der Waals surface area contributed by atoms with Crippen LogP contribution in [0, 0.1) is 29.5 Å². The molecule has 0 aliphatic rings. The molecule has 3 N–H and O–H groups in total. The van der Waals surface area contributed by atoms with E-state index in [9.17, 15) is 10.1 Å². The normalized spacial score (nSPS) is 10.7. The number of fused-ring (bicyclic) bond motifs is 1. The van der Waals surface area contributed by atoms with E-state index in [0.29, 0.717) is 33.3 Å². The van der Waals surface area contributed by atoms with Crippen LogP contribution in [0.4, 0.5) is 4.39 Å². The molecule has 33 heavy (non-hydrogen) atoms. The highest BCUT2D eigenvalue weighted by Crippen LogP contribution is 2.41. The van der Waals surface area contributed by atoms with Crippen LogP contribution >= 0.6 is 11.6 Å². The minimum Gasteiger partial charge on any atom is -0.479 e. The molecule has 0 bridgehead atoms. The van der Waals surface area contributed by atoms with Gasteiger partial charge in [-0.2, -0.15) is 15.5 Å². The molecule has 0 spiro atoms. The fourth-order valence-corrected chi connectivity index (χ4v) is 3.85. The van der Waals surface area contributed by atoms with Gasteiger partial charge in [0.1, 0.15) is 24.0 Å². The van der Waals surface area contributed by atoms with Gasteiger partial charge in [0.15, 0.2) is 5.82 Å². The Hall–Kier alpha value is -4.18. The van der Waals surface area contributed by atoms with Gasteiger partial charge in [0, 0.05) is 30.6 Å². The maximum Gasteiger partial charge on any atom is 0.272 e. The van der Waals surface area contributed by atoms with Crippen LogP contribution in [-0.2, 0) is 13.6 Å². The minimum absolute atomic E-state index is 0.0589. The van der Waals surface area contributed by atoms with Crippen molar-refractivity contribution in [2.75, 3.05) is 6.61 Å². The molecule has 2 aromatic heterocycles. The first kappa shape index (κ1) is 22.0. The highest BCUT2D eigenvalue weighted by Gasteiger charge is 2.25. The largest absolute Gasteiger partial charge is 0.479 e. The Morgan fingerprint density at radius 1 is 1.36 bits per heavy atom. The number of aryl methyl sites for hydroxylation is 1. The number of hydrogen-bond donors (Lipinski definition) is 2. The van der Waals surface area contributed by atoms with E-state index in [-0.39, 0.29) is 40.6 Å². The van der Waals surface area contributed by atoms with Gasteiger partial charge in [-0.05, 0) is 17.7 Å². The summed E-state index contributed by atoms with van der Waals surface area (Å²) in [5.74, 6) is 1.57. The number of aromatic amines is 1. The molecule has 2 aromatic carbocycles. The van der Waals surface area contributed by atoms with Crippen molar-refractivity contribution in [3.63, 3.8) is 0 Å². The molecule has 10 heteroatoms. The van der Waals surface area contributed by atoms with Crippen LogP contribution < -0.4 is 16.0 Å². The van der Waals surface area contributed by atoms with Crippen molar-refractivity contribution in [3.8, 4) is 46.5 Å². The third-order valence-electron chi connectivity index (χ3n) is 5.15. The number of rotatable bonds is 5. The van der Waals surface area contributed by atoms with E-state index in [1.165, 1.54) is 16.9 Å². The molecule has 0 radical (unpaired) electrons. The number of benzene rings is 2. The van der Waals surface area contributed by atoms with Gasteiger partial charge in [-0.1, -0.05) is 23.6 Å². The van der Waals surface area contributed by atoms with E-state index in [0.717, 1.165) is 0 Å². The zero-order chi connectivity index (χ0) is 23.7. The number of nitrogens with zero attached hydrogens (tertiary/aromatic N) is 4. The second kappa shape index (κ2) is 8.75. The van der Waals surface area contributed by atoms with Gasteiger partial charge in [-0.3, -0.25) is 9.48 Å². The van der Waals surface area contributed by atoms with E-state index in [1.807, 2.05) is 6.07 Å². The molecule has 8 nitrogen and oxygen atoms in total. The highest BCUT2D eigenvalue weighted by molar-refractivity contribution is 6.31. The third-order valence-corrected chi connectivity index (χ3v) is 5.43. The maximum atomic E-state index is 15.3. The summed E-state index contributed by atoms with van der Waals surface area (Å²) in [6.07, 6.45) is 6.79. The summed E-state index contributed by atoms with van der Waals surface area (Å²) in [6, 6.07) is 8.25. The van der Waals surface area contributed by atoms with Crippen LogP contribution in [0.25, 0.3) is 33.2 Å². The van der Waals surface area contributed by atoms with Crippen LogP contribution in [0.3, 0.4) is 0 Å². The van der Waals surface area contributed by atoms with Gasteiger partial charge < -0.3 is 10.5 Å². The molecule has 164 valence electrons. The summed E-state index contributed by atoms with van der Waals surface area (Å²) < 4.78 is 22.2. The molecule has 0 unspecified atom stereocenters. The van der Waals surface area contributed by atoms with Crippen molar-refractivity contribution in [1.82, 2.24) is 20.0 Å². The number of nitrogens with one attached hydrogen (secondary N) is 1. The zero-order valence-electron chi connectivity index (χ0n) is 17.3. The number of hydrogen-bond acceptors (Lipinski definition) is 6. The number of nitrogens with two attached hydrogens (primary N) is 1. The lowest BCUT2D eigenvalue weighted by Gasteiger charge is -2.15. The summed E-state index contributed by atoms with van der Waals surface area (Å²) in [5.41, 5.74) is 7.18. The molecule has 0 aliphatic carbocycles. The molecular formula is C23H16ClFN6O2. The summed E-state index contributed by atoms with van der Waals surface area (Å²) in [7, 11) is 1.61. The first-order valence-corrected chi connectivity index (χ1v) is 10.0. The van der Waals surface area contributed by atoms with E-state index < -0.39 is 5.82 Å². The van der Waals surface area contributed by atoms with Crippen molar-refractivity contribution in [3.05, 3.63) is 62.9 Å². The van der Waals surface area contributed by atoms with Crippen molar-refractivity contribution >= 4 is 22.4 Å². The highest BCUT2D eigenvalue weighted by atomic mass is 35.5. The number of aromatic nitrogens is 4. The molecule has 0 saturated heterocycles. The van der Waals surface area contributed by atoms with Crippen LogP contribution in [-0.4, -0.2) is 26.6 Å². The summed E-state index contributed by atoms with van der Waals surface area (Å²) >= 11 is 6.12. The Kier molecular flexibility index (Phi) is 5.84. The van der Waals surface area contributed by atoms with Crippen LogP contribution in [0.2, 0.25) is 5.02 Å². The average Bonchev–Trinajstić information content (AvgIpc) is 3.20. The van der Waals surface area contributed by atoms with Crippen molar-refractivity contribution < 1.29 is 9.13 Å². The maximum absolute atomic E-state index is 15.3. The molecular weight excluding hydrogens is 447 g/mol. The Balaban J connectivity index is 2.01. The van der Waals surface area contributed by atoms with Crippen LogP contribution in [0.5, 0.6) is 5.75 Å². The van der Waals surface area contributed by atoms with Gasteiger partial charge in [0.05, 0.1) is 33.6 Å². The van der Waals surface area contributed by atoms with Crippen molar-refractivity contribution in [1.29, 1.82) is 5.26 Å². The zero-order valence-corrected chi connectivity index (χ0v) is 18.1. The quantitative estimate of drug-likeness (QED) is 0.439. The first-order valence-electron chi connectivity index (χ1n) is 9.63. The summed E-state index contributed by atoms with van der Waals surface area (Å²) in [4.78, 5) is 12.2. The molecule has 4 aromatic rings. The monoisotopic (exact) mass is 462 g/mol. The standard InChI is InChI=1S/C23H16ClFN6O2/c1-3-6-33-19-8-17(24)21(25)20(15(19)9-26)22-16(11-28-31(22)2)12-4-5-13-14(7-12)18(10-27)29-30-23(13)32/h1,4-5,7-8,11H,6,10,27H2,2H3,(H,30,32). The molecule has 0 aliphatic heterocycles. The van der Waals surface area contributed by atoms with Gasteiger partial charge >= 0.3 is 0 Å². The third kappa shape index (κ3) is 3.70. The molecule has 0 amide bonds. The molecule has 0 atom stereocenters. The average molecular weight is 463 g/mol. The summed E-state index contributed by atoms with van der Waals surface area (Å²) in [6.45, 7) is -0.0174. The summed E-state index contributed by atoms with van der Waals surface area (Å²) in [5, 5.41) is 21.2. The van der Waals surface area contributed by atoms with E-state index in [2.05, 4.69) is 21.2 Å². The Morgan fingerprint density at radius 3 is 2.85 bits per heavy atom. The second-order valence-corrected chi connectivity index (χ2v) is 7.43. The fourth-order valence-electron chi connectivity index (χ4n) is 3.66. The second-order valence-electron chi connectivity index (χ2n) is 7.02. The smallest absolute Gasteiger partial charge is 0.272 e. The van der Waals surface area contributed by atoms with Crippen LogP contribution in [0.15, 0.2) is 35.3 Å². The van der Waals surface area contributed by atoms with Gasteiger partial charge in [-0.25, -0.2) is 9.49 Å². The van der Waals surface area contributed by atoms with Crippen molar-refractivity contribution in [2.24, 2.45) is 12.8 Å². The minimum atomic E-state index is -0.798. The van der Waals surface area contributed by atoms with Gasteiger partial charge in [0.25, 0.3) is 5.56 Å². The number of nitriles is 1. The number of H-pyrrole nitrogens is 1. The Morgan fingerprint density at radius 2 is 2.15 bits per heavy atom. The van der Waals surface area contributed by atoms with E-state index >= 15 is 4.39 Å². The topological polar surface area (TPSA) is 123 Å². The fraction of sp³-hybridized carbons (Fsp3) is 0.130. The first-order chi connectivity index (χ1) is 15.9. The number of terminal acetylenes is 1. The lowest BCUT2D eigenvalue weighted by atomic mass is 9.95. The SMILES string of the molecule is C#CCOc1cc(Cl)c(F)c(-c2c(-c3ccc4c(=O)[nH]nc(CN)c4c3)cnn2C)c1C#N. The lowest BCUT2D eigenvalue weighted by molar-refractivity contribution is 0.368. The van der Waals surface area contributed by atoms with Crippen LogP contribution in [0.1, 0.15) is 11.3 Å². The molecule has 2 heterocycles. The predicted molar refractivity (Wildman–Crippen MR) is 122 cm³/mol. The molecule has 0 fully saturated rings. The molecule has 4 rings (SSSR count). The Labute approximate surface area is 192 Å². The Bertz CT molecular complexity index is 1540. The van der Waals surface area contributed by atoms with Gasteiger partial charge in [0.2, 0.25) is 0 Å². The van der Waals surface area contributed by atoms with E-state index in [4.69, 9.17) is 28.5 Å². The van der Waals surface area contributed by atoms with Crippen molar-refractivity contribution in [2.45, 2.75) is 6.54 Å². The predicted octanol–water partition coefficient (Wildman–Crippen LogP) is 3.13. The number of halogens is 2. The lowest BCUT2D eigenvalue weighted by Crippen LogP contribution is -2.13. The van der Waals surface area contributed by atoms with E-state index in [1.54, 1.807) is 25.2 Å². The van der Waals surface area contributed by atoms with Gasteiger partial charge in [-0.15, -0.1) is 6.42 Å². The number of ether oxygens (including phenoxy) is 1. The molecule has 0 saturated carbocycles.